The molecule has 0 bridgehead atoms. The molecule has 1 aliphatic rings. The van der Waals surface area contributed by atoms with E-state index in [1.165, 1.54) is 16.8 Å². The SMILES string of the molecule is C/C=C(\C)NC(C)c1ccccc1.C=CC(=C)n1cnc2cc(CN3CCN(C)CC3)ccc21. The highest BCUT2D eigenvalue weighted by molar-refractivity contribution is 5.80. The summed E-state index contributed by atoms with van der Waals surface area (Å²) in [6.45, 7) is 19.6. The fraction of sp³-hybridized carbons (Fsp3) is 0.345. The molecule has 1 N–H and O–H groups in total. The number of rotatable bonds is 7. The summed E-state index contributed by atoms with van der Waals surface area (Å²) in [5.41, 5.74) is 6.82. The Morgan fingerprint density at radius 2 is 1.82 bits per heavy atom. The standard InChI is InChI=1S/C17H22N4.C12H17N/c1-4-14(2)21-13-18-16-11-15(5-6-17(16)21)12-20-9-7-19(3)8-10-20;1-4-10(2)13-11(3)12-8-6-5-7-9-12/h4-6,11,13H,1-2,7-10,12H2,3H3;4-9,11,13H,1-3H3/b;10-4+. The zero-order valence-electron chi connectivity index (χ0n) is 21.2. The van der Waals surface area contributed by atoms with Crippen LogP contribution in [0.4, 0.5) is 0 Å². The van der Waals surface area contributed by atoms with Crippen LogP contribution in [0, 0.1) is 0 Å². The lowest BCUT2D eigenvalue weighted by Crippen LogP contribution is -2.43. The molecule has 0 saturated carbocycles. The van der Waals surface area contributed by atoms with Crippen LogP contribution in [0.25, 0.3) is 16.7 Å². The Morgan fingerprint density at radius 1 is 1.12 bits per heavy atom. The lowest BCUT2D eigenvalue weighted by Gasteiger charge is -2.32. The maximum atomic E-state index is 4.48. The van der Waals surface area contributed by atoms with Crippen molar-refractivity contribution >= 4 is 16.7 Å². The largest absolute Gasteiger partial charge is 0.382 e. The molecule has 0 amide bonds. The van der Waals surface area contributed by atoms with Crippen LogP contribution in [-0.2, 0) is 6.54 Å². The molecule has 34 heavy (non-hydrogen) atoms. The highest BCUT2D eigenvalue weighted by atomic mass is 15.2. The second-order valence-corrected chi connectivity index (χ2v) is 8.96. The molecule has 3 aromatic rings. The highest BCUT2D eigenvalue weighted by Crippen LogP contribution is 2.19. The van der Waals surface area contributed by atoms with Gasteiger partial charge in [0, 0.05) is 50.2 Å². The number of hydrogen-bond donors (Lipinski definition) is 1. The number of allylic oxidation sites excluding steroid dienone is 4. The Labute approximate surface area is 205 Å². The molecule has 1 fully saturated rings. The number of nitrogens with zero attached hydrogens (tertiary/aromatic N) is 4. The smallest absolute Gasteiger partial charge is 0.100 e. The van der Waals surface area contributed by atoms with E-state index in [4.69, 9.17) is 0 Å². The van der Waals surface area contributed by atoms with E-state index in [2.05, 4.69) is 103 Å². The van der Waals surface area contributed by atoms with Crippen molar-refractivity contribution in [2.45, 2.75) is 33.4 Å². The van der Waals surface area contributed by atoms with E-state index in [1.807, 2.05) is 23.9 Å². The number of hydrogen-bond acceptors (Lipinski definition) is 4. The third kappa shape index (κ3) is 6.92. The molecule has 2 heterocycles. The maximum absolute atomic E-state index is 4.48. The van der Waals surface area contributed by atoms with Crippen molar-refractivity contribution < 1.29 is 0 Å². The molecule has 2 aromatic carbocycles. The molecule has 0 aliphatic carbocycles. The van der Waals surface area contributed by atoms with E-state index in [1.54, 1.807) is 6.08 Å². The number of benzene rings is 2. The monoisotopic (exact) mass is 457 g/mol. The van der Waals surface area contributed by atoms with Crippen LogP contribution in [0.15, 0.2) is 85.9 Å². The maximum Gasteiger partial charge on any atom is 0.100 e. The summed E-state index contributed by atoms with van der Waals surface area (Å²) < 4.78 is 1.97. The van der Waals surface area contributed by atoms with Crippen molar-refractivity contribution in [1.29, 1.82) is 0 Å². The third-order valence-electron chi connectivity index (χ3n) is 6.34. The average molecular weight is 458 g/mol. The van der Waals surface area contributed by atoms with Crippen LogP contribution in [0.2, 0.25) is 0 Å². The Morgan fingerprint density at radius 3 is 2.47 bits per heavy atom. The van der Waals surface area contributed by atoms with Crippen LogP contribution in [-0.4, -0.2) is 52.6 Å². The van der Waals surface area contributed by atoms with Crippen LogP contribution in [0.1, 0.15) is 37.9 Å². The van der Waals surface area contributed by atoms with E-state index in [0.29, 0.717) is 6.04 Å². The van der Waals surface area contributed by atoms with E-state index in [9.17, 15) is 0 Å². The van der Waals surface area contributed by atoms with Crippen molar-refractivity contribution in [3.8, 4) is 0 Å². The van der Waals surface area contributed by atoms with Crippen LogP contribution in [0.5, 0.6) is 0 Å². The first kappa shape index (κ1) is 25.5. The van der Waals surface area contributed by atoms with Gasteiger partial charge in [0.2, 0.25) is 0 Å². The number of piperazine rings is 1. The Bertz CT molecular complexity index is 1100. The van der Waals surface area contributed by atoms with Crippen molar-refractivity contribution in [3.63, 3.8) is 0 Å². The van der Waals surface area contributed by atoms with E-state index in [-0.39, 0.29) is 0 Å². The summed E-state index contributed by atoms with van der Waals surface area (Å²) in [7, 11) is 2.18. The van der Waals surface area contributed by atoms with Gasteiger partial charge in [0.25, 0.3) is 0 Å². The molecule has 1 aliphatic heterocycles. The van der Waals surface area contributed by atoms with Gasteiger partial charge in [-0.05, 0) is 57.2 Å². The summed E-state index contributed by atoms with van der Waals surface area (Å²) >= 11 is 0. The molecule has 5 heteroatoms. The van der Waals surface area contributed by atoms with Crippen LogP contribution < -0.4 is 5.32 Å². The van der Waals surface area contributed by atoms with E-state index in [0.717, 1.165) is 49.5 Å². The van der Waals surface area contributed by atoms with Gasteiger partial charge >= 0.3 is 0 Å². The fourth-order valence-electron chi connectivity index (χ4n) is 4.00. The fourth-order valence-corrected chi connectivity index (χ4v) is 4.00. The summed E-state index contributed by atoms with van der Waals surface area (Å²) in [5.74, 6) is 0. The first-order valence-electron chi connectivity index (χ1n) is 12.0. The van der Waals surface area contributed by atoms with Crippen molar-refractivity contribution in [2.24, 2.45) is 0 Å². The third-order valence-corrected chi connectivity index (χ3v) is 6.34. The number of imidazole rings is 1. The topological polar surface area (TPSA) is 36.3 Å². The van der Waals surface area contributed by atoms with Gasteiger partial charge in [0.1, 0.15) is 6.33 Å². The van der Waals surface area contributed by atoms with Gasteiger partial charge in [-0.3, -0.25) is 9.47 Å². The quantitative estimate of drug-likeness (QED) is 0.462. The van der Waals surface area contributed by atoms with Gasteiger partial charge in [0.05, 0.1) is 11.0 Å². The van der Waals surface area contributed by atoms with E-state index >= 15 is 0 Å². The zero-order valence-corrected chi connectivity index (χ0v) is 21.2. The minimum atomic E-state index is 0.386. The molecule has 5 nitrogen and oxygen atoms in total. The number of aromatic nitrogens is 2. The van der Waals surface area contributed by atoms with Gasteiger partial charge in [-0.1, -0.05) is 55.6 Å². The van der Waals surface area contributed by atoms with Crippen molar-refractivity contribution in [3.05, 3.63) is 97.0 Å². The lowest BCUT2D eigenvalue weighted by atomic mass is 10.1. The second kappa shape index (κ2) is 12.4. The Kier molecular flexibility index (Phi) is 9.25. The zero-order chi connectivity index (χ0) is 24.5. The molecule has 1 saturated heterocycles. The summed E-state index contributed by atoms with van der Waals surface area (Å²) in [6, 6.07) is 17.3. The van der Waals surface area contributed by atoms with Gasteiger partial charge in [-0.15, -0.1) is 0 Å². The molecular formula is C29H39N5. The number of fused-ring (bicyclic) bond motifs is 1. The molecule has 180 valence electrons. The minimum absolute atomic E-state index is 0.386. The predicted octanol–water partition coefficient (Wildman–Crippen LogP) is 5.70. The number of nitrogens with one attached hydrogen (secondary N) is 1. The molecular weight excluding hydrogens is 418 g/mol. The van der Waals surface area contributed by atoms with Gasteiger partial charge in [-0.25, -0.2) is 4.98 Å². The van der Waals surface area contributed by atoms with Gasteiger partial charge in [0.15, 0.2) is 0 Å². The predicted molar refractivity (Wildman–Crippen MR) is 145 cm³/mol. The van der Waals surface area contributed by atoms with E-state index < -0.39 is 0 Å². The van der Waals surface area contributed by atoms with Gasteiger partial charge < -0.3 is 10.2 Å². The molecule has 0 radical (unpaired) electrons. The summed E-state index contributed by atoms with van der Waals surface area (Å²) in [6.07, 6.45) is 5.65. The molecule has 1 unspecified atom stereocenters. The molecule has 0 spiro atoms. The second-order valence-electron chi connectivity index (χ2n) is 8.96. The highest BCUT2D eigenvalue weighted by Gasteiger charge is 2.14. The molecule has 1 atom stereocenters. The number of likely N-dealkylation sites (N-methyl/N-ethyl adjacent to an activating group) is 1. The Balaban J connectivity index is 0.000000215. The van der Waals surface area contributed by atoms with Gasteiger partial charge in [-0.2, -0.15) is 0 Å². The molecule has 1 aromatic heterocycles. The Hall–Kier alpha value is -3.15. The summed E-state index contributed by atoms with van der Waals surface area (Å²) in [4.78, 5) is 9.36. The van der Waals surface area contributed by atoms with Crippen molar-refractivity contribution in [2.75, 3.05) is 33.2 Å². The van der Waals surface area contributed by atoms with Crippen molar-refractivity contribution in [1.82, 2.24) is 24.7 Å². The first-order valence-corrected chi connectivity index (χ1v) is 12.0. The van der Waals surface area contributed by atoms with Crippen LogP contribution in [0.3, 0.4) is 0 Å². The first-order chi connectivity index (χ1) is 16.4. The minimum Gasteiger partial charge on any atom is -0.382 e. The summed E-state index contributed by atoms with van der Waals surface area (Å²) in [5, 5.41) is 3.41. The normalized spacial score (nSPS) is 15.9. The molecule has 4 rings (SSSR count). The lowest BCUT2D eigenvalue weighted by molar-refractivity contribution is 0.148. The van der Waals surface area contributed by atoms with Crippen LogP contribution >= 0.6 is 0 Å². The average Bonchev–Trinajstić information content (AvgIpc) is 3.29.